The second kappa shape index (κ2) is 7.52. The number of thiazole rings is 1. The molecular weight excluding hydrogens is 292 g/mol. The summed E-state index contributed by atoms with van der Waals surface area (Å²) in [5, 5.41) is 7.32. The third kappa shape index (κ3) is 4.13. The fourth-order valence-electron chi connectivity index (χ4n) is 1.83. The van der Waals surface area contributed by atoms with E-state index in [9.17, 15) is 4.79 Å². The Bertz CT molecular complexity index is 537. The summed E-state index contributed by atoms with van der Waals surface area (Å²) in [4.78, 5) is 18.0. The van der Waals surface area contributed by atoms with E-state index in [1.165, 1.54) is 12.7 Å². The molecule has 0 saturated heterocycles. The van der Waals surface area contributed by atoms with E-state index in [1.807, 2.05) is 0 Å². The van der Waals surface area contributed by atoms with Gasteiger partial charge in [-0.15, -0.1) is 11.3 Å². The van der Waals surface area contributed by atoms with Crippen molar-refractivity contribution in [1.82, 2.24) is 9.88 Å². The van der Waals surface area contributed by atoms with Crippen LogP contribution in [0.5, 0.6) is 0 Å². The van der Waals surface area contributed by atoms with E-state index in [-0.39, 0.29) is 5.97 Å². The monoisotopic (exact) mass is 310 g/mol. The first-order chi connectivity index (χ1) is 9.72. The Morgan fingerprint density at radius 2 is 2.30 bits per heavy atom. The van der Waals surface area contributed by atoms with E-state index in [1.54, 1.807) is 22.7 Å². The predicted molar refractivity (Wildman–Crippen MR) is 83.0 cm³/mol. The van der Waals surface area contributed by atoms with Crippen molar-refractivity contribution in [1.29, 1.82) is 0 Å². The van der Waals surface area contributed by atoms with Crippen molar-refractivity contribution in [2.24, 2.45) is 0 Å². The molecular formula is C14H18N2O2S2. The van der Waals surface area contributed by atoms with Crippen LogP contribution in [0.25, 0.3) is 10.6 Å². The number of methoxy groups -OCH3 is 1. The Morgan fingerprint density at radius 1 is 1.45 bits per heavy atom. The third-order valence-corrected chi connectivity index (χ3v) is 4.64. The van der Waals surface area contributed by atoms with E-state index in [0.717, 1.165) is 23.8 Å². The maximum atomic E-state index is 11.2. The largest absolute Gasteiger partial charge is 0.469 e. The van der Waals surface area contributed by atoms with Crippen LogP contribution < -0.4 is 0 Å². The zero-order valence-corrected chi connectivity index (χ0v) is 13.3. The molecule has 0 N–H and O–H groups in total. The molecule has 2 rings (SSSR count). The highest BCUT2D eigenvalue weighted by atomic mass is 32.1. The normalized spacial score (nSPS) is 10.9. The van der Waals surface area contributed by atoms with Gasteiger partial charge >= 0.3 is 5.97 Å². The van der Waals surface area contributed by atoms with Crippen LogP contribution in [0.4, 0.5) is 0 Å². The number of carbonyl (C=O) groups excluding carboxylic acids is 1. The fraction of sp³-hybridized carbons (Fsp3) is 0.429. The van der Waals surface area contributed by atoms with E-state index < -0.39 is 0 Å². The molecule has 0 aromatic carbocycles. The minimum absolute atomic E-state index is 0.166. The minimum Gasteiger partial charge on any atom is -0.469 e. The first kappa shape index (κ1) is 15.2. The Hall–Kier alpha value is -1.24. The molecule has 4 nitrogen and oxygen atoms in total. The summed E-state index contributed by atoms with van der Waals surface area (Å²) in [7, 11) is 1.42. The zero-order valence-electron chi connectivity index (χ0n) is 11.7. The lowest BCUT2D eigenvalue weighted by molar-refractivity contribution is -0.141. The topological polar surface area (TPSA) is 42.4 Å². The van der Waals surface area contributed by atoms with Crippen LogP contribution in [0.3, 0.4) is 0 Å². The van der Waals surface area contributed by atoms with Gasteiger partial charge in [-0.1, -0.05) is 6.92 Å². The summed E-state index contributed by atoms with van der Waals surface area (Å²) in [6.45, 7) is 4.45. The number of hydrogen-bond acceptors (Lipinski definition) is 6. The quantitative estimate of drug-likeness (QED) is 0.736. The highest BCUT2D eigenvalue weighted by Gasteiger charge is 2.10. The molecule has 2 aromatic rings. The molecule has 0 unspecified atom stereocenters. The van der Waals surface area contributed by atoms with Crippen LogP contribution in [-0.4, -0.2) is 36.1 Å². The molecule has 2 heterocycles. The number of hydrogen-bond donors (Lipinski definition) is 0. The Morgan fingerprint density at radius 3 is 2.95 bits per heavy atom. The lowest BCUT2D eigenvalue weighted by atomic mass is 10.3. The van der Waals surface area contributed by atoms with E-state index in [4.69, 9.17) is 0 Å². The van der Waals surface area contributed by atoms with Gasteiger partial charge in [-0.3, -0.25) is 9.69 Å². The second-order valence-corrected chi connectivity index (χ2v) is 5.99. The fourth-order valence-corrected chi connectivity index (χ4v) is 3.35. The van der Waals surface area contributed by atoms with Gasteiger partial charge in [0.1, 0.15) is 5.01 Å². The molecule has 0 bridgehead atoms. The van der Waals surface area contributed by atoms with Gasteiger partial charge in [-0.2, -0.15) is 11.3 Å². The van der Waals surface area contributed by atoms with Crippen LogP contribution in [0.2, 0.25) is 0 Å². The van der Waals surface area contributed by atoms with Crippen molar-refractivity contribution < 1.29 is 9.53 Å². The average molecular weight is 310 g/mol. The van der Waals surface area contributed by atoms with Crippen LogP contribution >= 0.6 is 22.7 Å². The van der Waals surface area contributed by atoms with Gasteiger partial charge in [0, 0.05) is 29.4 Å². The Balaban J connectivity index is 1.92. The number of carbonyl (C=O) groups is 1. The van der Waals surface area contributed by atoms with Crippen LogP contribution in [-0.2, 0) is 16.1 Å². The van der Waals surface area contributed by atoms with Gasteiger partial charge < -0.3 is 4.74 Å². The number of esters is 1. The van der Waals surface area contributed by atoms with Gasteiger partial charge in [0.05, 0.1) is 19.2 Å². The Labute approximate surface area is 127 Å². The van der Waals surface area contributed by atoms with Crippen molar-refractivity contribution in [3.63, 3.8) is 0 Å². The molecule has 6 heteroatoms. The van der Waals surface area contributed by atoms with Crippen LogP contribution in [0.1, 0.15) is 19.0 Å². The van der Waals surface area contributed by atoms with Crippen molar-refractivity contribution in [3.8, 4) is 10.6 Å². The highest BCUT2D eigenvalue weighted by Crippen LogP contribution is 2.26. The van der Waals surface area contributed by atoms with Crippen molar-refractivity contribution >= 4 is 28.6 Å². The maximum absolute atomic E-state index is 11.2. The standard InChI is InChI=1S/C14H18N2O2S2/c1-3-16(6-4-13(17)18-2)8-12-10-20-14(15-12)11-5-7-19-9-11/h5,7,9-10H,3-4,6,8H2,1-2H3. The molecule has 2 aromatic heterocycles. The summed E-state index contributed by atoms with van der Waals surface area (Å²) in [5.74, 6) is -0.166. The van der Waals surface area contributed by atoms with Gasteiger partial charge in [0.15, 0.2) is 0 Å². The third-order valence-electron chi connectivity index (χ3n) is 3.01. The molecule has 0 amide bonds. The maximum Gasteiger partial charge on any atom is 0.306 e. The number of thiophene rings is 1. The molecule has 0 saturated carbocycles. The minimum atomic E-state index is -0.166. The zero-order chi connectivity index (χ0) is 14.4. The first-order valence-corrected chi connectivity index (χ1v) is 8.31. The molecule has 0 aliphatic heterocycles. The summed E-state index contributed by atoms with van der Waals surface area (Å²) in [5.41, 5.74) is 2.24. The van der Waals surface area contributed by atoms with E-state index in [2.05, 4.69) is 43.8 Å². The molecule has 0 fully saturated rings. The molecule has 108 valence electrons. The number of aromatic nitrogens is 1. The smallest absolute Gasteiger partial charge is 0.306 e. The van der Waals surface area contributed by atoms with Gasteiger partial charge in [-0.25, -0.2) is 4.98 Å². The average Bonchev–Trinajstić information content (AvgIpc) is 3.13. The SMILES string of the molecule is CCN(CCC(=O)OC)Cc1csc(-c2ccsc2)n1. The van der Waals surface area contributed by atoms with E-state index >= 15 is 0 Å². The van der Waals surface area contributed by atoms with Crippen molar-refractivity contribution in [2.75, 3.05) is 20.2 Å². The Kier molecular flexibility index (Phi) is 5.70. The highest BCUT2D eigenvalue weighted by molar-refractivity contribution is 7.14. The number of rotatable bonds is 7. The molecule has 0 aliphatic carbocycles. The lowest BCUT2D eigenvalue weighted by Gasteiger charge is -2.18. The molecule has 20 heavy (non-hydrogen) atoms. The second-order valence-electron chi connectivity index (χ2n) is 4.35. The molecule has 0 atom stereocenters. The van der Waals surface area contributed by atoms with Gasteiger partial charge in [0.25, 0.3) is 0 Å². The van der Waals surface area contributed by atoms with Crippen molar-refractivity contribution in [3.05, 3.63) is 27.9 Å². The first-order valence-electron chi connectivity index (χ1n) is 6.49. The predicted octanol–water partition coefficient (Wildman–Crippen LogP) is 3.26. The summed E-state index contributed by atoms with van der Waals surface area (Å²) in [6.07, 6.45) is 0.422. The number of ether oxygens (including phenoxy) is 1. The summed E-state index contributed by atoms with van der Waals surface area (Å²) in [6, 6.07) is 2.09. The molecule has 0 radical (unpaired) electrons. The van der Waals surface area contributed by atoms with Gasteiger partial charge in [-0.05, 0) is 18.0 Å². The van der Waals surface area contributed by atoms with E-state index in [0.29, 0.717) is 13.0 Å². The molecule has 0 spiro atoms. The molecule has 0 aliphatic rings. The summed E-state index contributed by atoms with van der Waals surface area (Å²) < 4.78 is 4.67. The lowest BCUT2D eigenvalue weighted by Crippen LogP contribution is -2.26. The number of nitrogens with zero attached hydrogens (tertiary/aromatic N) is 2. The summed E-state index contributed by atoms with van der Waals surface area (Å²) >= 11 is 3.35. The van der Waals surface area contributed by atoms with Crippen LogP contribution in [0, 0.1) is 0 Å². The van der Waals surface area contributed by atoms with Crippen LogP contribution in [0.15, 0.2) is 22.2 Å². The van der Waals surface area contributed by atoms with Gasteiger partial charge in [0.2, 0.25) is 0 Å². The van der Waals surface area contributed by atoms with Crippen molar-refractivity contribution in [2.45, 2.75) is 19.9 Å².